The topological polar surface area (TPSA) is 37.6 Å². The molecule has 27 heavy (non-hydrogen) atoms. The fourth-order valence-corrected chi connectivity index (χ4v) is 4.52. The fourth-order valence-electron chi connectivity index (χ4n) is 3.05. The number of rotatable bonds is 5. The monoisotopic (exact) mass is 399 g/mol. The summed E-state index contributed by atoms with van der Waals surface area (Å²) in [6.45, 7) is 5.07. The van der Waals surface area contributed by atoms with E-state index in [1.807, 2.05) is 43.3 Å². The Morgan fingerprint density at radius 3 is 2.52 bits per heavy atom. The van der Waals surface area contributed by atoms with Gasteiger partial charge in [0, 0.05) is 37.6 Å². The summed E-state index contributed by atoms with van der Waals surface area (Å²) >= 11 is 3.40. The van der Waals surface area contributed by atoms with E-state index in [-0.39, 0.29) is 5.91 Å². The number of benzene rings is 2. The van der Waals surface area contributed by atoms with Gasteiger partial charge in [-0.1, -0.05) is 17.4 Å². The lowest BCUT2D eigenvalue weighted by molar-refractivity contribution is 0.0998. The second-order valence-electron chi connectivity index (χ2n) is 6.82. The van der Waals surface area contributed by atoms with E-state index in [9.17, 15) is 4.79 Å². The second kappa shape index (κ2) is 8.31. The van der Waals surface area contributed by atoms with E-state index < -0.39 is 0 Å². The minimum atomic E-state index is -0.195. The number of aryl methyl sites for hydroxylation is 3. The Bertz CT molecular complexity index is 1030. The summed E-state index contributed by atoms with van der Waals surface area (Å²) < 4.78 is 3.39. The lowest BCUT2D eigenvalue weighted by atomic mass is 10.1. The minimum absolute atomic E-state index is 0.195. The minimum Gasteiger partial charge on any atom is -0.378 e. The van der Waals surface area contributed by atoms with Gasteiger partial charge >= 0.3 is 0 Å². The van der Waals surface area contributed by atoms with E-state index in [0.29, 0.717) is 5.56 Å². The zero-order valence-electron chi connectivity index (χ0n) is 16.4. The molecule has 0 bridgehead atoms. The van der Waals surface area contributed by atoms with Crippen molar-refractivity contribution in [2.24, 2.45) is 4.99 Å². The maximum Gasteiger partial charge on any atom is 0.279 e. The third-order valence-electron chi connectivity index (χ3n) is 4.46. The number of carbonyl (C=O) groups is 1. The lowest BCUT2D eigenvalue weighted by Gasteiger charge is -2.11. The number of nitrogens with zero attached hydrogens (tertiary/aromatic N) is 3. The number of carbonyl (C=O) groups excluding carboxylic acids is 1. The molecule has 0 saturated heterocycles. The van der Waals surface area contributed by atoms with Crippen LogP contribution in [-0.4, -0.2) is 36.6 Å². The van der Waals surface area contributed by atoms with Gasteiger partial charge in [-0.25, -0.2) is 0 Å². The van der Waals surface area contributed by atoms with Gasteiger partial charge in [-0.05, 0) is 61.6 Å². The van der Waals surface area contributed by atoms with Gasteiger partial charge < -0.3 is 9.47 Å². The van der Waals surface area contributed by atoms with Crippen LogP contribution < -0.4 is 9.70 Å². The van der Waals surface area contributed by atoms with E-state index in [0.717, 1.165) is 22.8 Å². The molecule has 0 aliphatic heterocycles. The van der Waals surface area contributed by atoms with Crippen molar-refractivity contribution in [1.29, 1.82) is 0 Å². The predicted octanol–water partition coefficient (Wildman–Crippen LogP) is 4.49. The average Bonchev–Trinajstić information content (AvgIpc) is 2.97. The zero-order chi connectivity index (χ0) is 19.6. The Morgan fingerprint density at radius 1 is 1.19 bits per heavy atom. The van der Waals surface area contributed by atoms with Crippen molar-refractivity contribution < 1.29 is 4.79 Å². The molecule has 2 aromatic carbocycles. The Labute approximate surface area is 168 Å². The summed E-state index contributed by atoms with van der Waals surface area (Å²) in [5.74, 6) is 0.789. The molecule has 6 heteroatoms. The van der Waals surface area contributed by atoms with Gasteiger partial charge in [0.25, 0.3) is 5.91 Å². The Hall–Kier alpha value is -2.05. The number of hydrogen-bond acceptors (Lipinski definition) is 4. The van der Waals surface area contributed by atoms with Crippen molar-refractivity contribution in [2.45, 2.75) is 20.4 Å². The molecule has 0 aliphatic rings. The first-order valence-corrected chi connectivity index (χ1v) is 11.1. The average molecular weight is 400 g/mol. The van der Waals surface area contributed by atoms with Crippen LogP contribution in [0.2, 0.25) is 0 Å². The van der Waals surface area contributed by atoms with Crippen molar-refractivity contribution in [3.63, 3.8) is 0 Å². The van der Waals surface area contributed by atoms with E-state index in [1.165, 1.54) is 21.3 Å². The van der Waals surface area contributed by atoms with Crippen LogP contribution >= 0.6 is 23.1 Å². The molecular weight excluding hydrogens is 374 g/mol. The molecular formula is C21H25N3OS2. The largest absolute Gasteiger partial charge is 0.378 e. The highest BCUT2D eigenvalue weighted by Gasteiger charge is 2.11. The highest BCUT2D eigenvalue weighted by Crippen LogP contribution is 2.24. The van der Waals surface area contributed by atoms with Crippen molar-refractivity contribution in [2.75, 3.05) is 31.0 Å². The van der Waals surface area contributed by atoms with Crippen LogP contribution in [0.1, 0.15) is 21.5 Å². The second-order valence-corrected chi connectivity index (χ2v) is 8.78. The number of thioether (sulfide) groups is 1. The van der Waals surface area contributed by atoms with Crippen LogP contribution in [-0.2, 0) is 6.54 Å². The maximum atomic E-state index is 12.8. The first-order chi connectivity index (χ1) is 12.9. The number of hydrogen-bond donors (Lipinski definition) is 0. The molecule has 0 unspecified atom stereocenters. The SMILES string of the molecule is CSCCn1c(=NC(=O)c2ccc(N(C)C)cc2)sc2c(C)cc(C)cc21. The highest BCUT2D eigenvalue weighted by atomic mass is 32.2. The van der Waals surface area contributed by atoms with Crippen LogP contribution in [0.5, 0.6) is 0 Å². The standard InChI is InChI=1S/C21H25N3OS2/c1-14-12-15(2)19-18(13-14)24(10-11-26-5)21(27-19)22-20(25)16-6-8-17(9-7-16)23(3)4/h6-9,12-13H,10-11H2,1-5H3. The van der Waals surface area contributed by atoms with Crippen LogP contribution in [0.4, 0.5) is 5.69 Å². The van der Waals surface area contributed by atoms with E-state index in [2.05, 4.69) is 41.8 Å². The summed E-state index contributed by atoms with van der Waals surface area (Å²) in [4.78, 5) is 20.0. The Balaban J connectivity index is 2.08. The third kappa shape index (κ3) is 4.28. The molecule has 4 nitrogen and oxygen atoms in total. The third-order valence-corrected chi connectivity index (χ3v) is 6.28. The van der Waals surface area contributed by atoms with Crippen molar-refractivity contribution in [1.82, 2.24) is 4.57 Å². The molecule has 0 N–H and O–H groups in total. The molecule has 142 valence electrons. The van der Waals surface area contributed by atoms with Crippen LogP contribution in [0.25, 0.3) is 10.2 Å². The molecule has 0 aliphatic carbocycles. The normalized spacial score (nSPS) is 12.0. The number of fused-ring (bicyclic) bond motifs is 1. The molecule has 0 atom stereocenters. The molecule has 0 radical (unpaired) electrons. The van der Waals surface area contributed by atoms with Gasteiger partial charge in [0.15, 0.2) is 4.80 Å². The van der Waals surface area contributed by atoms with Crippen LogP contribution in [0.3, 0.4) is 0 Å². The van der Waals surface area contributed by atoms with Gasteiger partial charge in [-0.2, -0.15) is 16.8 Å². The maximum absolute atomic E-state index is 12.8. The van der Waals surface area contributed by atoms with Crippen molar-refractivity contribution >= 4 is 44.9 Å². The van der Waals surface area contributed by atoms with Crippen LogP contribution in [0, 0.1) is 13.8 Å². The number of thiazole rings is 1. The number of anilines is 1. The van der Waals surface area contributed by atoms with E-state index in [4.69, 9.17) is 0 Å². The molecule has 1 heterocycles. The first-order valence-electron chi connectivity index (χ1n) is 8.86. The Kier molecular flexibility index (Phi) is 6.07. The predicted molar refractivity (Wildman–Crippen MR) is 118 cm³/mol. The Morgan fingerprint density at radius 2 is 1.89 bits per heavy atom. The molecule has 3 aromatic rings. The molecule has 0 spiro atoms. The van der Waals surface area contributed by atoms with Gasteiger partial charge in [-0.3, -0.25) is 4.79 Å². The summed E-state index contributed by atoms with van der Waals surface area (Å²) in [7, 11) is 3.97. The quantitative estimate of drug-likeness (QED) is 0.634. The molecule has 1 aromatic heterocycles. The number of aromatic nitrogens is 1. The van der Waals surface area contributed by atoms with Gasteiger partial charge in [0.2, 0.25) is 0 Å². The van der Waals surface area contributed by atoms with Gasteiger partial charge in [0.1, 0.15) is 0 Å². The zero-order valence-corrected chi connectivity index (χ0v) is 18.1. The molecule has 3 rings (SSSR count). The van der Waals surface area contributed by atoms with E-state index in [1.54, 1.807) is 23.1 Å². The van der Waals surface area contributed by atoms with Gasteiger partial charge in [-0.15, -0.1) is 0 Å². The summed E-state index contributed by atoms with van der Waals surface area (Å²) in [5, 5.41) is 0. The van der Waals surface area contributed by atoms with Gasteiger partial charge in [0.05, 0.1) is 10.2 Å². The lowest BCUT2D eigenvalue weighted by Crippen LogP contribution is -2.18. The summed E-state index contributed by atoms with van der Waals surface area (Å²) in [6.07, 6.45) is 2.10. The fraction of sp³-hybridized carbons (Fsp3) is 0.333. The summed E-state index contributed by atoms with van der Waals surface area (Å²) in [5.41, 5.74) is 5.31. The highest BCUT2D eigenvalue weighted by molar-refractivity contribution is 7.98. The van der Waals surface area contributed by atoms with Crippen molar-refractivity contribution in [3.8, 4) is 0 Å². The number of amides is 1. The van der Waals surface area contributed by atoms with Crippen LogP contribution in [0.15, 0.2) is 41.4 Å². The summed E-state index contributed by atoms with van der Waals surface area (Å²) in [6, 6.07) is 12.0. The smallest absolute Gasteiger partial charge is 0.279 e. The molecule has 1 amide bonds. The van der Waals surface area contributed by atoms with E-state index >= 15 is 0 Å². The first kappa shape index (κ1) is 19.7. The molecule has 0 saturated carbocycles. The van der Waals surface area contributed by atoms with Crippen molar-refractivity contribution in [3.05, 3.63) is 57.9 Å². The molecule has 0 fully saturated rings.